The lowest BCUT2D eigenvalue weighted by Gasteiger charge is -2.13. The van der Waals surface area contributed by atoms with Crippen LogP contribution in [0.25, 0.3) is 11.5 Å². The SMILES string of the molecule is CC(C)(C)c1cnc(-c2cccc(S(N)(=O)=O)c2)o1. The molecule has 0 saturated carbocycles. The van der Waals surface area contributed by atoms with E-state index in [1.807, 2.05) is 20.8 Å². The summed E-state index contributed by atoms with van der Waals surface area (Å²) in [5, 5.41) is 5.10. The van der Waals surface area contributed by atoms with Gasteiger partial charge >= 0.3 is 0 Å². The topological polar surface area (TPSA) is 86.2 Å². The molecule has 0 aliphatic carbocycles. The van der Waals surface area contributed by atoms with Crippen LogP contribution in [-0.2, 0) is 15.4 Å². The first-order valence-corrected chi connectivity index (χ1v) is 7.32. The van der Waals surface area contributed by atoms with Crippen molar-refractivity contribution in [2.45, 2.75) is 31.1 Å². The number of oxazole rings is 1. The Hall–Kier alpha value is -1.66. The molecule has 0 aliphatic heterocycles. The van der Waals surface area contributed by atoms with Gasteiger partial charge in [0.2, 0.25) is 15.9 Å². The van der Waals surface area contributed by atoms with Gasteiger partial charge in [-0.3, -0.25) is 0 Å². The average molecular weight is 280 g/mol. The van der Waals surface area contributed by atoms with E-state index in [1.165, 1.54) is 12.1 Å². The highest BCUT2D eigenvalue weighted by atomic mass is 32.2. The largest absolute Gasteiger partial charge is 0.441 e. The summed E-state index contributed by atoms with van der Waals surface area (Å²) in [5.74, 6) is 1.12. The zero-order valence-electron chi connectivity index (χ0n) is 11.0. The second kappa shape index (κ2) is 4.47. The number of aromatic nitrogens is 1. The van der Waals surface area contributed by atoms with Crippen LogP contribution < -0.4 is 5.14 Å². The minimum atomic E-state index is -3.72. The molecule has 2 N–H and O–H groups in total. The van der Waals surface area contributed by atoms with Crippen molar-refractivity contribution in [2.75, 3.05) is 0 Å². The van der Waals surface area contributed by atoms with Crippen molar-refractivity contribution in [3.05, 3.63) is 36.2 Å². The molecule has 0 saturated heterocycles. The molecular formula is C13H16N2O3S. The van der Waals surface area contributed by atoms with Crippen LogP contribution in [0.2, 0.25) is 0 Å². The molecule has 1 aromatic carbocycles. The molecule has 6 heteroatoms. The first-order chi connectivity index (χ1) is 8.68. The Bertz CT molecular complexity index is 697. The number of benzene rings is 1. The molecule has 1 heterocycles. The minimum absolute atomic E-state index is 0.0421. The lowest BCUT2D eigenvalue weighted by molar-refractivity contribution is 0.415. The first kappa shape index (κ1) is 13.8. The number of hydrogen-bond donors (Lipinski definition) is 1. The lowest BCUT2D eigenvalue weighted by atomic mass is 9.94. The van der Waals surface area contributed by atoms with Gasteiger partial charge in [-0.25, -0.2) is 18.5 Å². The predicted octanol–water partition coefficient (Wildman–Crippen LogP) is 2.29. The number of hydrogen-bond acceptors (Lipinski definition) is 4. The molecule has 102 valence electrons. The number of nitrogens with zero attached hydrogens (tertiary/aromatic N) is 1. The zero-order valence-corrected chi connectivity index (χ0v) is 11.9. The van der Waals surface area contributed by atoms with Crippen molar-refractivity contribution >= 4 is 10.0 Å². The fourth-order valence-corrected chi connectivity index (χ4v) is 2.12. The summed E-state index contributed by atoms with van der Waals surface area (Å²) in [6.07, 6.45) is 1.65. The molecule has 0 aliphatic rings. The Morgan fingerprint density at radius 2 is 1.95 bits per heavy atom. The highest BCUT2D eigenvalue weighted by Gasteiger charge is 2.20. The van der Waals surface area contributed by atoms with Crippen molar-refractivity contribution < 1.29 is 12.8 Å². The molecule has 0 amide bonds. The van der Waals surface area contributed by atoms with Gasteiger partial charge in [0, 0.05) is 11.0 Å². The molecule has 19 heavy (non-hydrogen) atoms. The van der Waals surface area contributed by atoms with Crippen LogP contribution in [0, 0.1) is 0 Å². The van der Waals surface area contributed by atoms with Gasteiger partial charge in [0.15, 0.2) is 0 Å². The van der Waals surface area contributed by atoms with E-state index in [9.17, 15) is 8.42 Å². The Morgan fingerprint density at radius 1 is 1.26 bits per heavy atom. The normalized spacial score (nSPS) is 12.6. The summed E-state index contributed by atoms with van der Waals surface area (Å²) in [7, 11) is -3.72. The number of nitrogens with two attached hydrogens (primary N) is 1. The van der Waals surface area contributed by atoms with Crippen LogP contribution >= 0.6 is 0 Å². The van der Waals surface area contributed by atoms with Gasteiger partial charge in [-0.05, 0) is 18.2 Å². The van der Waals surface area contributed by atoms with Crippen LogP contribution in [0.15, 0.2) is 39.8 Å². The van der Waals surface area contributed by atoms with Crippen molar-refractivity contribution in [1.29, 1.82) is 0 Å². The summed E-state index contributed by atoms with van der Waals surface area (Å²) in [5.41, 5.74) is 0.435. The first-order valence-electron chi connectivity index (χ1n) is 5.77. The Balaban J connectivity index is 2.46. The third kappa shape index (κ3) is 3.02. The molecule has 0 unspecified atom stereocenters. The number of sulfonamides is 1. The second-order valence-corrected chi connectivity index (χ2v) is 6.91. The van der Waals surface area contributed by atoms with Gasteiger partial charge in [0.1, 0.15) is 5.76 Å². The second-order valence-electron chi connectivity index (χ2n) is 5.35. The van der Waals surface area contributed by atoms with Crippen molar-refractivity contribution in [2.24, 2.45) is 5.14 Å². The van der Waals surface area contributed by atoms with E-state index in [0.717, 1.165) is 5.76 Å². The van der Waals surface area contributed by atoms with Crippen LogP contribution in [-0.4, -0.2) is 13.4 Å². The molecule has 2 aromatic rings. The quantitative estimate of drug-likeness (QED) is 0.914. The molecule has 0 fully saturated rings. The van der Waals surface area contributed by atoms with Crippen LogP contribution in [0.1, 0.15) is 26.5 Å². The van der Waals surface area contributed by atoms with Crippen molar-refractivity contribution in [3.8, 4) is 11.5 Å². The van der Waals surface area contributed by atoms with Gasteiger partial charge in [-0.2, -0.15) is 0 Å². The number of primary sulfonamides is 1. The molecule has 0 bridgehead atoms. The van der Waals surface area contributed by atoms with Gasteiger partial charge in [0.25, 0.3) is 0 Å². The Kier molecular flexibility index (Phi) is 3.24. The fraction of sp³-hybridized carbons (Fsp3) is 0.308. The Morgan fingerprint density at radius 3 is 2.47 bits per heavy atom. The molecule has 2 rings (SSSR count). The van der Waals surface area contributed by atoms with Crippen LogP contribution in [0.3, 0.4) is 0 Å². The number of rotatable bonds is 2. The molecule has 0 spiro atoms. The summed E-state index contributed by atoms with van der Waals surface area (Å²) in [6, 6.07) is 6.23. The van der Waals surface area contributed by atoms with E-state index in [2.05, 4.69) is 4.98 Å². The van der Waals surface area contributed by atoms with E-state index in [-0.39, 0.29) is 10.3 Å². The predicted molar refractivity (Wildman–Crippen MR) is 72.0 cm³/mol. The maximum Gasteiger partial charge on any atom is 0.238 e. The van der Waals surface area contributed by atoms with Gasteiger partial charge in [0.05, 0.1) is 11.1 Å². The third-order valence-corrected chi connectivity index (χ3v) is 3.57. The summed E-state index contributed by atoms with van der Waals surface area (Å²) < 4.78 is 28.3. The third-order valence-electron chi connectivity index (χ3n) is 2.65. The minimum Gasteiger partial charge on any atom is -0.441 e. The highest BCUT2D eigenvalue weighted by Crippen LogP contribution is 2.28. The van der Waals surface area contributed by atoms with Crippen molar-refractivity contribution in [1.82, 2.24) is 4.98 Å². The van der Waals surface area contributed by atoms with E-state index in [1.54, 1.807) is 18.3 Å². The molecule has 1 aromatic heterocycles. The molecule has 0 radical (unpaired) electrons. The smallest absolute Gasteiger partial charge is 0.238 e. The molecule has 5 nitrogen and oxygen atoms in total. The van der Waals surface area contributed by atoms with E-state index in [0.29, 0.717) is 11.5 Å². The van der Waals surface area contributed by atoms with E-state index < -0.39 is 10.0 Å². The molecular weight excluding hydrogens is 264 g/mol. The maximum absolute atomic E-state index is 11.3. The molecule has 0 atom stereocenters. The van der Waals surface area contributed by atoms with E-state index in [4.69, 9.17) is 9.56 Å². The van der Waals surface area contributed by atoms with Gasteiger partial charge < -0.3 is 4.42 Å². The fourth-order valence-electron chi connectivity index (χ4n) is 1.56. The standard InChI is InChI=1S/C13H16N2O3S/c1-13(2,3)11-8-15-12(18-11)9-5-4-6-10(7-9)19(14,16)17/h4-8H,1-3H3,(H2,14,16,17). The van der Waals surface area contributed by atoms with E-state index >= 15 is 0 Å². The Labute approximate surface area is 112 Å². The van der Waals surface area contributed by atoms with Crippen LogP contribution in [0.5, 0.6) is 0 Å². The summed E-state index contributed by atoms with van der Waals surface area (Å²) in [6.45, 7) is 6.04. The zero-order chi connectivity index (χ0) is 14.3. The summed E-state index contributed by atoms with van der Waals surface area (Å²) >= 11 is 0. The highest BCUT2D eigenvalue weighted by molar-refractivity contribution is 7.89. The van der Waals surface area contributed by atoms with Crippen molar-refractivity contribution in [3.63, 3.8) is 0 Å². The summed E-state index contributed by atoms with van der Waals surface area (Å²) in [4.78, 5) is 4.22. The van der Waals surface area contributed by atoms with Gasteiger partial charge in [-0.15, -0.1) is 0 Å². The lowest BCUT2D eigenvalue weighted by Crippen LogP contribution is -2.11. The maximum atomic E-state index is 11.3. The van der Waals surface area contributed by atoms with Crippen LogP contribution in [0.4, 0.5) is 0 Å². The van der Waals surface area contributed by atoms with Gasteiger partial charge in [-0.1, -0.05) is 26.8 Å². The average Bonchev–Trinajstić information content (AvgIpc) is 2.77. The monoisotopic (exact) mass is 280 g/mol.